The van der Waals surface area contributed by atoms with E-state index >= 15 is 0 Å². The number of fused-ring (bicyclic) bond motifs is 1. The molecule has 1 saturated heterocycles. The van der Waals surface area contributed by atoms with E-state index in [2.05, 4.69) is 15.2 Å². The lowest BCUT2D eigenvalue weighted by atomic mass is 10.1. The van der Waals surface area contributed by atoms with Gasteiger partial charge in [-0.2, -0.15) is 0 Å². The summed E-state index contributed by atoms with van der Waals surface area (Å²) in [5.74, 6) is -0.283. The van der Waals surface area contributed by atoms with Crippen molar-refractivity contribution in [2.24, 2.45) is 7.05 Å². The molecular weight excluding hydrogens is 538 g/mol. The normalized spacial score (nSPS) is 14.6. The molecule has 0 atom stereocenters. The highest BCUT2D eigenvalue weighted by Gasteiger charge is 2.25. The van der Waals surface area contributed by atoms with E-state index in [0.29, 0.717) is 36.4 Å². The number of benzene rings is 1. The highest BCUT2D eigenvalue weighted by molar-refractivity contribution is 7.19. The zero-order chi connectivity index (χ0) is 29.1. The van der Waals surface area contributed by atoms with Crippen LogP contribution in [0.4, 0.5) is 10.5 Å². The molecule has 0 spiro atoms. The summed E-state index contributed by atoms with van der Waals surface area (Å²) in [7, 11) is 1.76. The Morgan fingerprint density at radius 2 is 1.88 bits per heavy atom. The van der Waals surface area contributed by atoms with Crippen LogP contribution < -0.4 is 10.9 Å². The molecule has 4 aromatic rings. The maximum absolute atomic E-state index is 13.1. The zero-order valence-electron chi connectivity index (χ0n) is 23.8. The second-order valence-electron chi connectivity index (χ2n) is 11.3. The molecule has 0 bridgehead atoms. The number of pyridine rings is 2. The number of aryl methyl sites for hydroxylation is 1. The Morgan fingerprint density at radius 1 is 1.05 bits per heavy atom. The number of thiophene rings is 1. The standard InChI is InChI=1S/C31H35N5O4S/c1-31(2,3)40-30(39)36-14-8-13-35(15-16-36)19-23-18-24-27(41-23)25(20-34(4)29(24)38)21-9-7-10-22(17-21)33-28(37)26-11-5-6-12-32-26/h5-7,9-12,17-18,20H,8,13-16,19H2,1-4H3,(H,33,37). The Kier molecular flexibility index (Phi) is 8.23. The minimum Gasteiger partial charge on any atom is -0.444 e. The average Bonchev–Trinajstić information content (AvgIpc) is 3.21. The van der Waals surface area contributed by atoms with E-state index in [9.17, 15) is 14.4 Å². The quantitative estimate of drug-likeness (QED) is 0.346. The Hall–Kier alpha value is -4.02. The van der Waals surface area contributed by atoms with E-state index in [0.717, 1.165) is 40.2 Å². The molecule has 214 valence electrons. The molecule has 1 fully saturated rings. The molecule has 5 rings (SSSR count). The lowest BCUT2D eigenvalue weighted by Gasteiger charge is -2.26. The Morgan fingerprint density at radius 3 is 2.63 bits per heavy atom. The van der Waals surface area contributed by atoms with E-state index in [1.165, 1.54) is 0 Å². The first kappa shape index (κ1) is 28.5. The van der Waals surface area contributed by atoms with E-state index in [1.54, 1.807) is 52.2 Å². The summed E-state index contributed by atoms with van der Waals surface area (Å²) in [5.41, 5.74) is 2.26. The Labute approximate surface area is 243 Å². The molecule has 4 heterocycles. The summed E-state index contributed by atoms with van der Waals surface area (Å²) in [6.07, 6.45) is 4.03. The minimum absolute atomic E-state index is 0.0437. The van der Waals surface area contributed by atoms with Crippen molar-refractivity contribution in [1.29, 1.82) is 0 Å². The summed E-state index contributed by atoms with van der Waals surface area (Å²) < 4.78 is 8.09. The molecule has 2 amide bonds. The number of ether oxygens (including phenoxy) is 1. The van der Waals surface area contributed by atoms with Crippen molar-refractivity contribution in [3.8, 4) is 11.1 Å². The maximum atomic E-state index is 13.1. The molecule has 3 aromatic heterocycles. The second kappa shape index (κ2) is 11.8. The van der Waals surface area contributed by atoms with Crippen molar-refractivity contribution >= 4 is 39.1 Å². The number of rotatable bonds is 5. The Bertz CT molecular complexity index is 1620. The van der Waals surface area contributed by atoms with Crippen molar-refractivity contribution < 1.29 is 14.3 Å². The summed E-state index contributed by atoms with van der Waals surface area (Å²) in [6, 6.07) is 14.8. The van der Waals surface area contributed by atoms with E-state index in [4.69, 9.17) is 4.74 Å². The van der Waals surface area contributed by atoms with E-state index in [-0.39, 0.29) is 17.6 Å². The van der Waals surface area contributed by atoms with Crippen molar-refractivity contribution in [3.63, 3.8) is 0 Å². The molecule has 1 aliphatic rings. The van der Waals surface area contributed by atoms with Crippen molar-refractivity contribution in [2.45, 2.75) is 39.3 Å². The zero-order valence-corrected chi connectivity index (χ0v) is 24.7. The van der Waals surface area contributed by atoms with Gasteiger partial charge in [-0.05, 0) is 63.1 Å². The lowest BCUT2D eigenvalue weighted by molar-refractivity contribution is 0.0257. The van der Waals surface area contributed by atoms with Crippen LogP contribution in [-0.2, 0) is 18.3 Å². The molecule has 41 heavy (non-hydrogen) atoms. The predicted octanol–water partition coefficient (Wildman–Crippen LogP) is 5.36. The fourth-order valence-electron chi connectivity index (χ4n) is 4.90. The van der Waals surface area contributed by atoms with Gasteiger partial charge in [0.05, 0.1) is 5.39 Å². The van der Waals surface area contributed by atoms with Crippen LogP contribution in [-0.4, -0.2) is 63.1 Å². The molecule has 1 N–H and O–H groups in total. The van der Waals surface area contributed by atoms with Gasteiger partial charge in [0, 0.05) is 73.0 Å². The molecule has 1 aliphatic heterocycles. The van der Waals surface area contributed by atoms with Gasteiger partial charge in [0.1, 0.15) is 11.3 Å². The van der Waals surface area contributed by atoms with Gasteiger partial charge in [-0.1, -0.05) is 18.2 Å². The van der Waals surface area contributed by atoms with Crippen LogP contribution in [0, 0.1) is 0 Å². The van der Waals surface area contributed by atoms with Gasteiger partial charge in [-0.15, -0.1) is 11.3 Å². The third-order valence-corrected chi connectivity index (χ3v) is 8.00. The van der Waals surface area contributed by atoms with Gasteiger partial charge in [-0.3, -0.25) is 19.5 Å². The fraction of sp³-hybridized carbons (Fsp3) is 0.355. The summed E-state index contributed by atoms with van der Waals surface area (Å²) >= 11 is 1.62. The van der Waals surface area contributed by atoms with E-state index in [1.807, 2.05) is 57.3 Å². The number of carbonyl (C=O) groups excluding carboxylic acids is 2. The number of nitrogens with zero attached hydrogens (tertiary/aromatic N) is 4. The third-order valence-electron chi connectivity index (χ3n) is 6.85. The number of aromatic nitrogens is 2. The number of anilines is 1. The largest absolute Gasteiger partial charge is 0.444 e. The third kappa shape index (κ3) is 6.83. The first-order valence-electron chi connectivity index (χ1n) is 13.7. The number of amides is 2. The SMILES string of the molecule is Cn1cc(-c2cccc(NC(=O)c3ccccn3)c2)c2sc(CN3CCCN(C(=O)OC(C)(C)C)CC3)cc2c1=O. The fourth-order valence-corrected chi connectivity index (χ4v) is 6.12. The number of nitrogens with one attached hydrogen (secondary N) is 1. The van der Waals surface area contributed by atoms with Crippen LogP contribution in [0.25, 0.3) is 21.2 Å². The number of hydrogen-bond donors (Lipinski definition) is 1. The van der Waals surface area contributed by atoms with Crippen LogP contribution >= 0.6 is 11.3 Å². The van der Waals surface area contributed by atoms with Gasteiger partial charge < -0.3 is 19.5 Å². The van der Waals surface area contributed by atoms with Crippen molar-refractivity contribution in [2.75, 3.05) is 31.5 Å². The maximum Gasteiger partial charge on any atom is 0.410 e. The smallest absolute Gasteiger partial charge is 0.410 e. The summed E-state index contributed by atoms with van der Waals surface area (Å²) in [5, 5.41) is 3.60. The van der Waals surface area contributed by atoms with Crippen LogP contribution in [0.2, 0.25) is 0 Å². The number of carbonyl (C=O) groups is 2. The molecule has 10 heteroatoms. The minimum atomic E-state index is -0.520. The number of hydrogen-bond acceptors (Lipinski definition) is 7. The van der Waals surface area contributed by atoms with Gasteiger partial charge in [0.25, 0.3) is 11.5 Å². The molecule has 0 aliphatic carbocycles. The van der Waals surface area contributed by atoms with Crippen LogP contribution in [0.1, 0.15) is 42.6 Å². The average molecular weight is 574 g/mol. The summed E-state index contributed by atoms with van der Waals surface area (Å²) in [6.45, 7) is 9.19. The molecule has 9 nitrogen and oxygen atoms in total. The van der Waals surface area contributed by atoms with Gasteiger partial charge in [0.15, 0.2) is 0 Å². The molecule has 0 radical (unpaired) electrons. The highest BCUT2D eigenvalue weighted by Crippen LogP contribution is 2.35. The van der Waals surface area contributed by atoms with Crippen LogP contribution in [0.15, 0.2) is 65.7 Å². The second-order valence-corrected chi connectivity index (χ2v) is 12.4. The molecule has 0 unspecified atom stereocenters. The van der Waals surface area contributed by atoms with Crippen LogP contribution in [0.5, 0.6) is 0 Å². The molecule has 1 aromatic carbocycles. The van der Waals surface area contributed by atoms with Gasteiger partial charge in [0.2, 0.25) is 0 Å². The first-order chi connectivity index (χ1) is 19.6. The highest BCUT2D eigenvalue weighted by atomic mass is 32.1. The van der Waals surface area contributed by atoms with E-state index < -0.39 is 5.60 Å². The van der Waals surface area contributed by atoms with Crippen molar-refractivity contribution in [1.82, 2.24) is 19.4 Å². The van der Waals surface area contributed by atoms with Crippen molar-refractivity contribution in [3.05, 3.63) is 81.8 Å². The van der Waals surface area contributed by atoms with Crippen LogP contribution in [0.3, 0.4) is 0 Å². The first-order valence-corrected chi connectivity index (χ1v) is 14.5. The van der Waals surface area contributed by atoms with Gasteiger partial charge in [-0.25, -0.2) is 4.79 Å². The molecule has 0 saturated carbocycles. The topological polar surface area (TPSA) is 96.8 Å². The summed E-state index contributed by atoms with van der Waals surface area (Å²) in [4.78, 5) is 47.7. The molecular formula is C31H35N5O4S. The predicted molar refractivity (Wildman–Crippen MR) is 162 cm³/mol. The monoisotopic (exact) mass is 573 g/mol. The van der Waals surface area contributed by atoms with Gasteiger partial charge >= 0.3 is 6.09 Å². The Balaban J connectivity index is 1.36. The lowest BCUT2D eigenvalue weighted by Crippen LogP contribution is -2.39.